The van der Waals surface area contributed by atoms with Gasteiger partial charge in [0.15, 0.2) is 0 Å². The van der Waals surface area contributed by atoms with E-state index in [2.05, 4.69) is 25.3 Å². The molecule has 0 radical (unpaired) electrons. The Morgan fingerprint density at radius 2 is 2.00 bits per heavy atom. The minimum atomic E-state index is -0.254. The van der Waals surface area contributed by atoms with E-state index in [1.165, 1.54) is 6.07 Å². The van der Waals surface area contributed by atoms with Crippen molar-refractivity contribution in [3.63, 3.8) is 0 Å². The molecule has 0 bridgehead atoms. The second-order valence-corrected chi connectivity index (χ2v) is 5.99. The number of nitrogens with one attached hydrogen (secondary N) is 1. The van der Waals surface area contributed by atoms with Gasteiger partial charge >= 0.3 is 0 Å². The summed E-state index contributed by atoms with van der Waals surface area (Å²) >= 11 is 0. The van der Waals surface area contributed by atoms with Gasteiger partial charge in [-0.3, -0.25) is 4.68 Å². The highest BCUT2D eigenvalue weighted by molar-refractivity contribution is 5.60. The van der Waals surface area contributed by atoms with Gasteiger partial charge in [0.1, 0.15) is 5.82 Å². The molecule has 4 rings (SSSR count). The molecular weight excluding hydrogens is 319 g/mol. The number of piperazine rings is 1. The van der Waals surface area contributed by atoms with Gasteiger partial charge in [-0.2, -0.15) is 5.10 Å². The number of halogens is 1. The van der Waals surface area contributed by atoms with Crippen LogP contribution in [0.15, 0.2) is 48.9 Å². The highest BCUT2D eigenvalue weighted by Gasteiger charge is 2.14. The molecule has 3 aromatic rings. The van der Waals surface area contributed by atoms with E-state index in [9.17, 15) is 4.39 Å². The van der Waals surface area contributed by atoms with E-state index < -0.39 is 0 Å². The number of nitrogens with zero attached hydrogens (tertiary/aromatic N) is 5. The number of aromatic nitrogens is 4. The Hall–Kier alpha value is -2.80. The van der Waals surface area contributed by atoms with Gasteiger partial charge in [0.2, 0.25) is 5.95 Å². The first-order chi connectivity index (χ1) is 12.3. The maximum Gasteiger partial charge on any atom is 0.225 e. The summed E-state index contributed by atoms with van der Waals surface area (Å²) in [5.74, 6) is 0.440. The molecule has 0 spiro atoms. The van der Waals surface area contributed by atoms with Crippen molar-refractivity contribution in [3.05, 3.63) is 60.3 Å². The molecule has 7 heteroatoms. The van der Waals surface area contributed by atoms with E-state index in [-0.39, 0.29) is 5.82 Å². The van der Waals surface area contributed by atoms with Crippen LogP contribution in [-0.2, 0) is 6.54 Å². The van der Waals surface area contributed by atoms with Crippen LogP contribution in [0.25, 0.3) is 11.3 Å². The molecule has 1 aliphatic heterocycles. The van der Waals surface area contributed by atoms with Gasteiger partial charge in [-0.25, -0.2) is 14.4 Å². The monoisotopic (exact) mass is 338 g/mol. The second-order valence-electron chi connectivity index (χ2n) is 5.99. The summed E-state index contributed by atoms with van der Waals surface area (Å²) in [7, 11) is 0. The maximum atomic E-state index is 14.5. The quantitative estimate of drug-likeness (QED) is 0.788. The van der Waals surface area contributed by atoms with Crippen LogP contribution in [-0.4, -0.2) is 45.9 Å². The third kappa shape index (κ3) is 3.51. The Labute approximate surface area is 145 Å². The van der Waals surface area contributed by atoms with Crippen LogP contribution >= 0.6 is 0 Å². The molecule has 1 aliphatic rings. The second kappa shape index (κ2) is 6.98. The lowest BCUT2D eigenvalue weighted by Crippen LogP contribution is -2.44. The summed E-state index contributed by atoms with van der Waals surface area (Å²) in [6, 6.07) is 8.85. The molecule has 1 N–H and O–H groups in total. The van der Waals surface area contributed by atoms with E-state index in [1.807, 2.05) is 24.4 Å². The Bertz CT molecular complexity index is 843. The lowest BCUT2D eigenvalue weighted by Gasteiger charge is -2.27. The van der Waals surface area contributed by atoms with E-state index >= 15 is 0 Å². The van der Waals surface area contributed by atoms with Crippen molar-refractivity contribution in [1.82, 2.24) is 25.1 Å². The molecule has 3 heterocycles. The molecule has 128 valence electrons. The van der Waals surface area contributed by atoms with Crippen molar-refractivity contribution >= 4 is 5.95 Å². The average molecular weight is 338 g/mol. The van der Waals surface area contributed by atoms with Crippen molar-refractivity contribution in [1.29, 1.82) is 0 Å². The van der Waals surface area contributed by atoms with E-state index in [1.54, 1.807) is 23.1 Å². The van der Waals surface area contributed by atoms with Crippen LogP contribution in [0.1, 0.15) is 5.56 Å². The maximum absolute atomic E-state index is 14.5. The SMILES string of the molecule is Fc1cc(-c2ccnc(N3CCNCC3)n2)ccc1Cn1cccn1. The Morgan fingerprint density at radius 3 is 2.76 bits per heavy atom. The molecule has 0 atom stereocenters. The zero-order chi connectivity index (χ0) is 17.1. The third-order valence-corrected chi connectivity index (χ3v) is 4.28. The minimum Gasteiger partial charge on any atom is -0.338 e. The van der Waals surface area contributed by atoms with E-state index in [0.29, 0.717) is 18.1 Å². The summed E-state index contributed by atoms with van der Waals surface area (Å²) in [5, 5.41) is 7.42. The fourth-order valence-corrected chi connectivity index (χ4v) is 2.93. The van der Waals surface area contributed by atoms with Gasteiger partial charge in [-0.1, -0.05) is 12.1 Å². The van der Waals surface area contributed by atoms with Gasteiger partial charge in [0, 0.05) is 55.9 Å². The molecule has 0 unspecified atom stereocenters. The first-order valence-electron chi connectivity index (χ1n) is 8.34. The number of anilines is 1. The molecule has 0 aliphatic carbocycles. The zero-order valence-corrected chi connectivity index (χ0v) is 13.8. The van der Waals surface area contributed by atoms with Crippen molar-refractivity contribution in [2.75, 3.05) is 31.1 Å². The molecular formula is C18H19FN6. The van der Waals surface area contributed by atoms with Crippen molar-refractivity contribution in [3.8, 4) is 11.3 Å². The molecule has 0 amide bonds. The van der Waals surface area contributed by atoms with Gasteiger partial charge in [-0.15, -0.1) is 0 Å². The smallest absolute Gasteiger partial charge is 0.225 e. The molecule has 2 aromatic heterocycles. The highest BCUT2D eigenvalue weighted by atomic mass is 19.1. The fraction of sp³-hybridized carbons (Fsp3) is 0.278. The normalized spacial score (nSPS) is 14.7. The van der Waals surface area contributed by atoms with E-state index in [0.717, 1.165) is 37.4 Å². The van der Waals surface area contributed by atoms with Crippen LogP contribution in [0.3, 0.4) is 0 Å². The largest absolute Gasteiger partial charge is 0.338 e. The van der Waals surface area contributed by atoms with Crippen molar-refractivity contribution in [2.24, 2.45) is 0 Å². The highest BCUT2D eigenvalue weighted by Crippen LogP contribution is 2.22. The molecule has 0 saturated carbocycles. The van der Waals surface area contributed by atoms with Gasteiger partial charge in [-0.05, 0) is 18.2 Å². The van der Waals surface area contributed by atoms with Crippen LogP contribution in [0.4, 0.5) is 10.3 Å². The Kier molecular flexibility index (Phi) is 4.39. The summed E-state index contributed by atoms with van der Waals surface area (Å²) in [5.41, 5.74) is 2.08. The van der Waals surface area contributed by atoms with Crippen LogP contribution in [0, 0.1) is 5.82 Å². The number of hydrogen-bond acceptors (Lipinski definition) is 5. The lowest BCUT2D eigenvalue weighted by molar-refractivity contribution is 0.580. The molecule has 1 aromatic carbocycles. The summed E-state index contributed by atoms with van der Waals surface area (Å²) in [6.07, 6.45) is 5.23. The summed E-state index contributed by atoms with van der Waals surface area (Å²) in [4.78, 5) is 11.1. The minimum absolute atomic E-state index is 0.254. The Balaban J connectivity index is 1.58. The van der Waals surface area contributed by atoms with Crippen LogP contribution < -0.4 is 10.2 Å². The lowest BCUT2D eigenvalue weighted by atomic mass is 10.1. The predicted octanol–water partition coefficient (Wildman–Crippen LogP) is 1.94. The number of benzene rings is 1. The topological polar surface area (TPSA) is 58.9 Å². The molecule has 1 saturated heterocycles. The molecule has 6 nitrogen and oxygen atoms in total. The van der Waals surface area contributed by atoms with Gasteiger partial charge in [0.05, 0.1) is 12.2 Å². The fourth-order valence-electron chi connectivity index (χ4n) is 2.93. The standard InChI is InChI=1S/C18H19FN6/c19-16-12-14(2-3-15(16)13-25-9-1-5-22-25)17-4-6-21-18(23-17)24-10-7-20-8-11-24/h1-6,9,12,20H,7-8,10-11,13H2. The van der Waals surface area contributed by atoms with Gasteiger partial charge in [0.25, 0.3) is 0 Å². The van der Waals surface area contributed by atoms with Crippen molar-refractivity contribution in [2.45, 2.75) is 6.54 Å². The Morgan fingerprint density at radius 1 is 1.12 bits per heavy atom. The van der Waals surface area contributed by atoms with Crippen molar-refractivity contribution < 1.29 is 4.39 Å². The van der Waals surface area contributed by atoms with Gasteiger partial charge < -0.3 is 10.2 Å². The molecule has 25 heavy (non-hydrogen) atoms. The van der Waals surface area contributed by atoms with E-state index in [4.69, 9.17) is 0 Å². The third-order valence-electron chi connectivity index (χ3n) is 4.28. The zero-order valence-electron chi connectivity index (χ0n) is 13.8. The van der Waals surface area contributed by atoms with Crippen LogP contribution in [0.2, 0.25) is 0 Å². The first-order valence-corrected chi connectivity index (χ1v) is 8.34. The molecule has 1 fully saturated rings. The first kappa shape index (κ1) is 15.7. The number of rotatable bonds is 4. The summed E-state index contributed by atoms with van der Waals surface area (Å²) in [6.45, 7) is 4.00. The van der Waals surface area contributed by atoms with Crippen LogP contribution in [0.5, 0.6) is 0 Å². The number of hydrogen-bond donors (Lipinski definition) is 1. The average Bonchev–Trinajstić information content (AvgIpc) is 3.17. The summed E-state index contributed by atoms with van der Waals surface area (Å²) < 4.78 is 16.2. The predicted molar refractivity (Wildman–Crippen MR) is 93.8 cm³/mol.